The molecule has 2 aliphatic heterocycles. The molecule has 1 fully saturated rings. The van der Waals surface area contributed by atoms with Crippen LogP contribution in [0.2, 0.25) is 0 Å². The third-order valence-electron chi connectivity index (χ3n) is 5.47. The van der Waals surface area contributed by atoms with Crippen LogP contribution in [0.25, 0.3) is 0 Å². The monoisotopic (exact) mass is 380 g/mol. The number of benzene rings is 1. The zero-order valence-corrected chi connectivity index (χ0v) is 14.7. The smallest absolute Gasteiger partial charge is 0.416 e. The fourth-order valence-corrected chi connectivity index (χ4v) is 3.97. The van der Waals surface area contributed by atoms with Crippen molar-refractivity contribution in [1.29, 1.82) is 0 Å². The molecule has 1 aromatic heterocycles. The van der Waals surface area contributed by atoms with Crippen LogP contribution >= 0.6 is 0 Å². The molecule has 8 heteroatoms. The van der Waals surface area contributed by atoms with Crippen molar-refractivity contribution in [2.75, 3.05) is 38.3 Å². The molecule has 0 saturated carbocycles. The van der Waals surface area contributed by atoms with Crippen LogP contribution in [-0.2, 0) is 6.18 Å². The molecule has 4 rings (SSSR count). The van der Waals surface area contributed by atoms with E-state index in [9.17, 15) is 18.3 Å². The second kappa shape index (κ2) is 6.30. The fraction of sp³-hybridized carbons (Fsp3) is 0.421. The van der Waals surface area contributed by atoms with Crippen molar-refractivity contribution in [1.82, 2.24) is 4.98 Å². The number of fused-ring (bicyclic) bond motifs is 3. The van der Waals surface area contributed by atoms with Gasteiger partial charge in [-0.05, 0) is 18.2 Å². The lowest BCUT2D eigenvalue weighted by Crippen LogP contribution is -2.42. The van der Waals surface area contributed by atoms with Gasteiger partial charge in [-0.25, -0.2) is 4.98 Å². The van der Waals surface area contributed by atoms with E-state index in [1.165, 1.54) is 6.20 Å². The predicted octanol–water partition coefficient (Wildman–Crippen LogP) is 3.08. The molecular weight excluding hydrogens is 361 g/mol. The Bertz CT molecular complexity index is 858. The minimum atomic E-state index is -4.43. The molecule has 1 N–H and O–H groups in total. The van der Waals surface area contributed by atoms with Gasteiger partial charge in [-0.2, -0.15) is 13.2 Å². The van der Waals surface area contributed by atoms with E-state index in [0.717, 1.165) is 17.7 Å². The molecule has 3 heterocycles. The van der Waals surface area contributed by atoms with E-state index < -0.39 is 17.2 Å². The molecular formula is C19H19F3N2O3. The van der Waals surface area contributed by atoms with Crippen molar-refractivity contribution in [3.05, 3.63) is 47.7 Å². The first-order valence-electron chi connectivity index (χ1n) is 8.56. The number of aliphatic hydroxyl groups is 1. The van der Waals surface area contributed by atoms with Crippen molar-refractivity contribution in [3.8, 4) is 11.5 Å². The van der Waals surface area contributed by atoms with Crippen molar-refractivity contribution < 1.29 is 27.8 Å². The first-order valence-corrected chi connectivity index (χ1v) is 8.56. The zero-order chi connectivity index (χ0) is 19.2. The number of rotatable bonds is 3. The highest BCUT2D eigenvalue weighted by Crippen LogP contribution is 2.50. The average molecular weight is 380 g/mol. The Balaban J connectivity index is 1.69. The van der Waals surface area contributed by atoms with E-state index in [-0.39, 0.29) is 24.9 Å². The minimum Gasteiger partial charge on any atom is -0.497 e. The van der Waals surface area contributed by atoms with Crippen molar-refractivity contribution >= 4 is 5.82 Å². The third kappa shape index (κ3) is 2.97. The Labute approximate surface area is 154 Å². The SMILES string of the molecule is COc1ccc2c(c1)OC[C@]1(CO)CN(c3cc(C(F)(F)F)ccn3)C[C@H]21. The average Bonchev–Trinajstić information content (AvgIpc) is 3.08. The highest BCUT2D eigenvalue weighted by molar-refractivity contribution is 5.51. The Morgan fingerprint density at radius 2 is 2.15 bits per heavy atom. The number of nitrogens with zero attached hydrogens (tertiary/aromatic N) is 2. The van der Waals surface area contributed by atoms with Gasteiger partial charge in [0.25, 0.3) is 0 Å². The van der Waals surface area contributed by atoms with E-state index in [4.69, 9.17) is 9.47 Å². The van der Waals surface area contributed by atoms with E-state index in [1.54, 1.807) is 18.1 Å². The quantitative estimate of drug-likeness (QED) is 0.887. The number of anilines is 1. The number of ether oxygens (including phenoxy) is 2. The van der Waals surface area contributed by atoms with Gasteiger partial charge in [0, 0.05) is 36.8 Å². The van der Waals surface area contributed by atoms with Crippen LogP contribution in [0.4, 0.5) is 19.0 Å². The highest BCUT2D eigenvalue weighted by atomic mass is 19.4. The number of alkyl halides is 3. The van der Waals surface area contributed by atoms with Crippen LogP contribution in [0.3, 0.4) is 0 Å². The van der Waals surface area contributed by atoms with Crippen LogP contribution in [0.15, 0.2) is 36.5 Å². The van der Waals surface area contributed by atoms with Crippen LogP contribution in [0.1, 0.15) is 17.0 Å². The van der Waals surface area contributed by atoms with Gasteiger partial charge in [-0.3, -0.25) is 0 Å². The first-order chi connectivity index (χ1) is 12.9. The maximum atomic E-state index is 13.0. The number of methoxy groups -OCH3 is 1. The number of hydrogen-bond acceptors (Lipinski definition) is 5. The second-order valence-corrected chi connectivity index (χ2v) is 7.05. The molecule has 0 amide bonds. The van der Waals surface area contributed by atoms with Crippen molar-refractivity contribution in [2.24, 2.45) is 5.41 Å². The Morgan fingerprint density at radius 1 is 1.33 bits per heavy atom. The maximum absolute atomic E-state index is 13.0. The van der Waals surface area contributed by atoms with Gasteiger partial charge in [0.15, 0.2) is 0 Å². The molecule has 144 valence electrons. The van der Waals surface area contributed by atoms with E-state index in [1.807, 2.05) is 12.1 Å². The van der Waals surface area contributed by atoms with Gasteiger partial charge in [0.1, 0.15) is 17.3 Å². The molecule has 0 aliphatic carbocycles. The summed E-state index contributed by atoms with van der Waals surface area (Å²) in [5.74, 6) is 1.53. The summed E-state index contributed by atoms with van der Waals surface area (Å²) in [6, 6.07) is 7.52. The van der Waals surface area contributed by atoms with Crippen molar-refractivity contribution in [3.63, 3.8) is 0 Å². The number of halogens is 3. The Morgan fingerprint density at radius 3 is 2.85 bits per heavy atom. The van der Waals surface area contributed by atoms with Crippen molar-refractivity contribution in [2.45, 2.75) is 12.1 Å². The van der Waals surface area contributed by atoms with Gasteiger partial charge >= 0.3 is 6.18 Å². The molecule has 5 nitrogen and oxygen atoms in total. The highest BCUT2D eigenvalue weighted by Gasteiger charge is 2.51. The summed E-state index contributed by atoms with van der Waals surface area (Å²) in [6.07, 6.45) is -3.26. The van der Waals surface area contributed by atoms with Gasteiger partial charge < -0.3 is 19.5 Å². The Hall–Kier alpha value is -2.48. The number of pyridine rings is 1. The predicted molar refractivity (Wildman–Crippen MR) is 92.2 cm³/mol. The molecule has 0 radical (unpaired) electrons. The standard InChI is InChI=1S/C19H19F3N2O3/c1-26-13-2-3-14-15-8-24(9-18(15,10-25)11-27-16(14)7-13)17-6-12(4-5-23-17)19(20,21)22/h2-7,15,25H,8-11H2,1H3/t15-,18-/m1/s1. The zero-order valence-electron chi connectivity index (χ0n) is 14.7. The third-order valence-corrected chi connectivity index (χ3v) is 5.47. The molecule has 0 bridgehead atoms. The molecule has 27 heavy (non-hydrogen) atoms. The first kappa shape index (κ1) is 17.9. The second-order valence-electron chi connectivity index (χ2n) is 7.05. The lowest BCUT2D eigenvalue weighted by molar-refractivity contribution is -0.137. The lowest BCUT2D eigenvalue weighted by atomic mass is 9.74. The van der Waals surface area contributed by atoms with E-state index in [2.05, 4.69) is 4.98 Å². The van der Waals surface area contributed by atoms with Crippen LogP contribution < -0.4 is 14.4 Å². The lowest BCUT2D eigenvalue weighted by Gasteiger charge is -2.37. The van der Waals surface area contributed by atoms with Gasteiger partial charge in [0.2, 0.25) is 0 Å². The molecule has 1 saturated heterocycles. The normalized spacial score (nSPS) is 24.2. The number of aromatic nitrogens is 1. The molecule has 0 spiro atoms. The molecule has 1 aromatic carbocycles. The summed E-state index contributed by atoms with van der Waals surface area (Å²) in [5, 5.41) is 10.1. The summed E-state index contributed by atoms with van der Waals surface area (Å²) in [4.78, 5) is 5.92. The van der Waals surface area contributed by atoms with Crippen LogP contribution in [0, 0.1) is 5.41 Å². The summed E-state index contributed by atoms with van der Waals surface area (Å²) in [7, 11) is 1.57. The van der Waals surface area contributed by atoms with Crippen LogP contribution in [0.5, 0.6) is 11.5 Å². The number of aliphatic hydroxyl groups excluding tert-OH is 1. The summed E-state index contributed by atoms with van der Waals surface area (Å²) >= 11 is 0. The molecule has 2 aromatic rings. The topological polar surface area (TPSA) is 54.8 Å². The summed E-state index contributed by atoms with van der Waals surface area (Å²) < 4.78 is 50.2. The maximum Gasteiger partial charge on any atom is 0.416 e. The van der Waals surface area contributed by atoms with Gasteiger partial charge in [-0.1, -0.05) is 6.07 Å². The summed E-state index contributed by atoms with van der Waals surface area (Å²) in [6.45, 7) is 0.980. The molecule has 2 atom stereocenters. The number of hydrogen-bond donors (Lipinski definition) is 1. The van der Waals surface area contributed by atoms with E-state index >= 15 is 0 Å². The Kier molecular flexibility index (Phi) is 4.18. The van der Waals surface area contributed by atoms with E-state index in [0.29, 0.717) is 24.6 Å². The van der Waals surface area contributed by atoms with Gasteiger partial charge in [-0.15, -0.1) is 0 Å². The fourth-order valence-electron chi connectivity index (χ4n) is 3.97. The van der Waals surface area contributed by atoms with Gasteiger partial charge in [0.05, 0.1) is 31.3 Å². The van der Waals surface area contributed by atoms with Crippen LogP contribution in [-0.4, -0.2) is 43.5 Å². The largest absolute Gasteiger partial charge is 0.497 e. The minimum absolute atomic E-state index is 0.0755. The molecule has 2 aliphatic rings. The molecule has 0 unspecified atom stereocenters. The summed E-state index contributed by atoms with van der Waals surface area (Å²) in [5.41, 5.74) is -0.398.